The third kappa shape index (κ3) is 1.98. The van der Waals surface area contributed by atoms with Gasteiger partial charge in [0.15, 0.2) is 0 Å². The first-order valence-corrected chi connectivity index (χ1v) is 6.57. The highest BCUT2D eigenvalue weighted by Gasteiger charge is 2.40. The molecule has 2 atom stereocenters. The van der Waals surface area contributed by atoms with Crippen molar-refractivity contribution in [2.24, 2.45) is 0 Å². The molecule has 3 heterocycles. The Kier molecular flexibility index (Phi) is 2.88. The number of hydrogen-bond acceptors (Lipinski definition) is 3. The van der Waals surface area contributed by atoms with Gasteiger partial charge in [-0.3, -0.25) is 9.78 Å². The molecule has 0 spiro atoms. The van der Waals surface area contributed by atoms with Crippen LogP contribution in [-0.4, -0.2) is 41.1 Å². The van der Waals surface area contributed by atoms with E-state index in [0.717, 1.165) is 17.3 Å². The summed E-state index contributed by atoms with van der Waals surface area (Å²) in [4.78, 5) is 18.5. The number of amides is 1. The third-order valence-corrected chi connectivity index (χ3v) is 3.91. The van der Waals surface area contributed by atoms with Crippen LogP contribution in [0.15, 0.2) is 22.8 Å². The predicted octanol–water partition coefficient (Wildman–Crippen LogP) is 1.85. The molecule has 2 unspecified atom stereocenters. The third-order valence-electron chi connectivity index (χ3n) is 3.42. The van der Waals surface area contributed by atoms with Crippen molar-refractivity contribution >= 4 is 21.8 Å². The molecule has 2 fully saturated rings. The van der Waals surface area contributed by atoms with Gasteiger partial charge in [-0.1, -0.05) is 15.9 Å². The summed E-state index contributed by atoms with van der Waals surface area (Å²) in [6, 6.07) is 4.08. The number of rotatable bonds is 1. The van der Waals surface area contributed by atoms with Crippen molar-refractivity contribution in [3.63, 3.8) is 0 Å². The fourth-order valence-corrected chi connectivity index (χ4v) is 2.95. The summed E-state index contributed by atoms with van der Waals surface area (Å²) >= 11 is 3.36. The first-order chi connectivity index (χ1) is 8.25. The van der Waals surface area contributed by atoms with E-state index in [0.29, 0.717) is 18.9 Å². The summed E-state index contributed by atoms with van der Waals surface area (Å²) in [6.07, 6.45) is 3.74. The molecule has 0 saturated carbocycles. The van der Waals surface area contributed by atoms with E-state index in [4.69, 9.17) is 4.74 Å². The minimum atomic E-state index is 0.0297. The second kappa shape index (κ2) is 4.38. The SMILES string of the molecule is O=C(c1cc(Br)ccn1)N1C2CCC1COC2. The highest BCUT2D eigenvalue weighted by molar-refractivity contribution is 9.10. The molecule has 1 aromatic rings. The molecule has 0 aromatic carbocycles. The van der Waals surface area contributed by atoms with Crippen LogP contribution in [0, 0.1) is 0 Å². The smallest absolute Gasteiger partial charge is 0.273 e. The molecule has 2 saturated heterocycles. The first-order valence-electron chi connectivity index (χ1n) is 5.77. The lowest BCUT2D eigenvalue weighted by Gasteiger charge is -2.34. The van der Waals surface area contributed by atoms with E-state index in [1.807, 2.05) is 11.0 Å². The Morgan fingerprint density at radius 3 is 2.76 bits per heavy atom. The average Bonchev–Trinajstić information content (AvgIpc) is 2.58. The van der Waals surface area contributed by atoms with Gasteiger partial charge in [-0.05, 0) is 25.0 Å². The maximum Gasteiger partial charge on any atom is 0.273 e. The van der Waals surface area contributed by atoms with E-state index in [9.17, 15) is 4.79 Å². The maximum atomic E-state index is 12.4. The van der Waals surface area contributed by atoms with Crippen molar-refractivity contribution < 1.29 is 9.53 Å². The Hall–Kier alpha value is -0.940. The highest BCUT2D eigenvalue weighted by Crippen LogP contribution is 2.30. The van der Waals surface area contributed by atoms with Crippen LogP contribution < -0.4 is 0 Å². The second-order valence-electron chi connectivity index (χ2n) is 4.49. The van der Waals surface area contributed by atoms with Gasteiger partial charge in [-0.15, -0.1) is 0 Å². The van der Waals surface area contributed by atoms with Crippen molar-refractivity contribution in [3.8, 4) is 0 Å². The van der Waals surface area contributed by atoms with Crippen LogP contribution in [0.25, 0.3) is 0 Å². The quantitative estimate of drug-likeness (QED) is 0.794. The summed E-state index contributed by atoms with van der Waals surface area (Å²) in [5.41, 5.74) is 0.512. The Bertz CT molecular complexity index is 436. The normalized spacial score (nSPS) is 27.2. The number of aromatic nitrogens is 1. The lowest BCUT2D eigenvalue weighted by molar-refractivity contribution is -0.00746. The van der Waals surface area contributed by atoms with Crippen LogP contribution in [0.3, 0.4) is 0 Å². The van der Waals surface area contributed by atoms with E-state index >= 15 is 0 Å². The number of hydrogen-bond donors (Lipinski definition) is 0. The van der Waals surface area contributed by atoms with Crippen molar-refractivity contribution in [1.29, 1.82) is 0 Å². The van der Waals surface area contributed by atoms with Gasteiger partial charge >= 0.3 is 0 Å². The van der Waals surface area contributed by atoms with E-state index in [1.54, 1.807) is 12.3 Å². The van der Waals surface area contributed by atoms with Crippen LogP contribution in [0.2, 0.25) is 0 Å². The zero-order chi connectivity index (χ0) is 11.8. The van der Waals surface area contributed by atoms with Crippen molar-refractivity contribution in [2.75, 3.05) is 13.2 Å². The van der Waals surface area contributed by atoms with Crippen LogP contribution in [-0.2, 0) is 4.74 Å². The van der Waals surface area contributed by atoms with E-state index in [-0.39, 0.29) is 18.0 Å². The fraction of sp³-hybridized carbons (Fsp3) is 0.500. The minimum absolute atomic E-state index is 0.0297. The lowest BCUT2D eigenvalue weighted by Crippen LogP contribution is -2.49. The van der Waals surface area contributed by atoms with Crippen LogP contribution >= 0.6 is 15.9 Å². The summed E-state index contributed by atoms with van der Waals surface area (Å²) in [5, 5.41) is 0. The molecule has 5 heteroatoms. The van der Waals surface area contributed by atoms with Crippen molar-refractivity contribution in [3.05, 3.63) is 28.5 Å². The van der Waals surface area contributed by atoms with Crippen LogP contribution in [0.4, 0.5) is 0 Å². The largest absolute Gasteiger partial charge is 0.377 e. The number of nitrogens with zero attached hydrogens (tertiary/aromatic N) is 2. The number of fused-ring (bicyclic) bond motifs is 2. The molecular formula is C12H13BrN2O2. The average molecular weight is 297 g/mol. The number of morpholine rings is 1. The molecular weight excluding hydrogens is 284 g/mol. The minimum Gasteiger partial charge on any atom is -0.377 e. The van der Waals surface area contributed by atoms with E-state index in [1.165, 1.54) is 0 Å². The summed E-state index contributed by atoms with van der Waals surface area (Å²) in [5.74, 6) is 0.0297. The maximum absolute atomic E-state index is 12.4. The molecule has 0 N–H and O–H groups in total. The Balaban J connectivity index is 1.87. The molecule has 1 aromatic heterocycles. The molecule has 3 rings (SSSR count). The van der Waals surface area contributed by atoms with Gasteiger partial charge in [0, 0.05) is 10.7 Å². The van der Waals surface area contributed by atoms with E-state index in [2.05, 4.69) is 20.9 Å². The monoisotopic (exact) mass is 296 g/mol. The second-order valence-corrected chi connectivity index (χ2v) is 5.41. The Morgan fingerprint density at radius 1 is 1.41 bits per heavy atom. The van der Waals surface area contributed by atoms with Crippen LogP contribution in [0.5, 0.6) is 0 Å². The Morgan fingerprint density at radius 2 is 2.12 bits per heavy atom. The zero-order valence-corrected chi connectivity index (χ0v) is 10.9. The van der Waals surface area contributed by atoms with E-state index < -0.39 is 0 Å². The number of carbonyl (C=O) groups is 1. The van der Waals surface area contributed by atoms with Gasteiger partial charge in [-0.2, -0.15) is 0 Å². The van der Waals surface area contributed by atoms with Gasteiger partial charge in [0.05, 0.1) is 25.3 Å². The first kappa shape index (κ1) is 11.2. The van der Waals surface area contributed by atoms with Gasteiger partial charge in [0.2, 0.25) is 0 Å². The Labute approximate surface area is 108 Å². The summed E-state index contributed by atoms with van der Waals surface area (Å²) < 4.78 is 6.36. The predicted molar refractivity (Wildman–Crippen MR) is 65.7 cm³/mol. The molecule has 1 amide bonds. The molecule has 2 aliphatic rings. The number of carbonyl (C=O) groups excluding carboxylic acids is 1. The molecule has 0 aliphatic carbocycles. The van der Waals surface area contributed by atoms with Gasteiger partial charge in [0.1, 0.15) is 5.69 Å². The topological polar surface area (TPSA) is 42.4 Å². The number of pyridine rings is 1. The summed E-state index contributed by atoms with van der Waals surface area (Å²) in [7, 11) is 0. The zero-order valence-electron chi connectivity index (χ0n) is 9.30. The molecule has 2 bridgehead atoms. The fourth-order valence-electron chi connectivity index (χ4n) is 2.61. The molecule has 90 valence electrons. The van der Waals surface area contributed by atoms with Gasteiger partial charge in [-0.25, -0.2) is 0 Å². The van der Waals surface area contributed by atoms with Gasteiger partial charge in [0.25, 0.3) is 5.91 Å². The van der Waals surface area contributed by atoms with Crippen LogP contribution in [0.1, 0.15) is 23.3 Å². The molecule has 17 heavy (non-hydrogen) atoms. The van der Waals surface area contributed by atoms with Gasteiger partial charge < -0.3 is 9.64 Å². The molecule has 0 radical (unpaired) electrons. The number of ether oxygens (including phenoxy) is 1. The standard InChI is InChI=1S/C12H13BrN2O2/c13-8-3-4-14-11(5-8)12(16)15-9-1-2-10(15)7-17-6-9/h3-5,9-10H,1-2,6-7H2. The lowest BCUT2D eigenvalue weighted by atomic mass is 10.2. The highest BCUT2D eigenvalue weighted by atomic mass is 79.9. The summed E-state index contributed by atoms with van der Waals surface area (Å²) in [6.45, 7) is 1.33. The van der Waals surface area contributed by atoms with Crippen molar-refractivity contribution in [2.45, 2.75) is 24.9 Å². The number of halogens is 1. The molecule has 2 aliphatic heterocycles. The van der Waals surface area contributed by atoms with Crippen molar-refractivity contribution in [1.82, 2.24) is 9.88 Å². The molecule has 4 nitrogen and oxygen atoms in total.